The number of aliphatic carboxylic acids is 1. The number of ether oxygens (including phenoxy) is 1. The largest absolute Gasteiger partial charge is 0.485 e. The highest BCUT2D eigenvalue weighted by Gasteiger charge is 2.58. The van der Waals surface area contributed by atoms with E-state index >= 15 is 0 Å². The van der Waals surface area contributed by atoms with Gasteiger partial charge in [-0.15, -0.1) is 15.6 Å². The van der Waals surface area contributed by atoms with Crippen LogP contribution < -0.4 is 26.4 Å². The zero-order valence-corrected chi connectivity index (χ0v) is 29.0. The number of aromatic nitrogens is 1. The first-order chi connectivity index (χ1) is 23.5. The Morgan fingerprint density at radius 3 is 2.54 bits per heavy atom. The Balaban J connectivity index is 1.18. The lowest BCUT2D eigenvalue weighted by molar-refractivity contribution is -0.218. The van der Waals surface area contributed by atoms with Gasteiger partial charge in [-0.2, -0.15) is 13.5 Å². The fourth-order valence-electron chi connectivity index (χ4n) is 6.90. The Labute approximate surface area is 291 Å². The van der Waals surface area contributed by atoms with Crippen LogP contribution in [0.2, 0.25) is 0 Å². The topological polar surface area (TPSA) is 268 Å². The van der Waals surface area contributed by atoms with E-state index in [1.54, 1.807) is 12.1 Å². The van der Waals surface area contributed by atoms with Crippen molar-refractivity contribution in [2.45, 2.75) is 75.8 Å². The van der Waals surface area contributed by atoms with Gasteiger partial charge in [-0.3, -0.25) is 19.6 Å². The molecule has 1 unspecified atom stereocenters. The quantitative estimate of drug-likeness (QED) is 0.0543. The van der Waals surface area contributed by atoms with E-state index in [9.17, 15) is 27.9 Å². The maximum absolute atomic E-state index is 13.5. The van der Waals surface area contributed by atoms with Crippen molar-refractivity contribution >= 4 is 56.2 Å². The molecule has 50 heavy (non-hydrogen) atoms. The van der Waals surface area contributed by atoms with E-state index in [2.05, 4.69) is 30.4 Å². The maximum atomic E-state index is 13.5. The molecule has 6 atom stereocenters. The lowest BCUT2D eigenvalue weighted by Gasteiger charge is -2.50. The lowest BCUT2D eigenvalue weighted by atomic mass is 9.84. The molecule has 2 amide bonds. The van der Waals surface area contributed by atoms with Crippen molar-refractivity contribution in [3.63, 3.8) is 0 Å². The van der Waals surface area contributed by atoms with Crippen LogP contribution in [0.25, 0.3) is 0 Å². The van der Waals surface area contributed by atoms with Gasteiger partial charge >= 0.3 is 16.4 Å². The van der Waals surface area contributed by atoms with Crippen molar-refractivity contribution in [1.82, 2.24) is 26.0 Å². The summed E-state index contributed by atoms with van der Waals surface area (Å²) in [4.78, 5) is 48.4. The van der Waals surface area contributed by atoms with Gasteiger partial charge in [0.1, 0.15) is 23.3 Å². The maximum Gasteiger partial charge on any atom is 0.418 e. The first-order valence-corrected chi connectivity index (χ1v) is 18.1. The number of aryl methyl sites for hydroxylation is 1. The Kier molecular flexibility index (Phi) is 9.27. The van der Waals surface area contributed by atoms with Crippen LogP contribution in [-0.4, -0.2) is 99.9 Å². The molecule has 1 aromatic heterocycles. The number of amidine groups is 1. The fraction of sp³-hybridized carbons (Fsp3) is 0.533. The first-order valence-electron chi connectivity index (χ1n) is 15.9. The van der Waals surface area contributed by atoms with Gasteiger partial charge < -0.3 is 36.4 Å². The highest BCUT2D eigenvalue weighted by Crippen LogP contribution is 2.37. The predicted octanol–water partition coefficient (Wildman–Crippen LogP) is 0.436. The number of carbonyl (C=O) groups is 3. The molecular weight excluding hydrogens is 697 g/mol. The molecule has 20 heteroatoms. The number of hydrogen-bond acceptors (Lipinski definition) is 14. The van der Waals surface area contributed by atoms with Crippen LogP contribution in [0, 0.1) is 17.2 Å². The molecule has 0 radical (unpaired) electrons. The second-order valence-electron chi connectivity index (χ2n) is 13.5. The van der Waals surface area contributed by atoms with Crippen molar-refractivity contribution in [2.24, 2.45) is 17.0 Å². The molecule has 3 fully saturated rings. The Bertz CT molecular complexity index is 1850. The number of nitrogens with zero attached hydrogens (tertiary/aromatic N) is 3. The number of piperidine rings is 1. The summed E-state index contributed by atoms with van der Waals surface area (Å²) in [7, 11) is -5.03. The average molecular weight is 735 g/mol. The van der Waals surface area contributed by atoms with Crippen molar-refractivity contribution in [3.8, 4) is 5.75 Å². The third-order valence-electron chi connectivity index (χ3n) is 9.81. The number of hydrogen-bond donors (Lipinski definition) is 7. The molecule has 2 bridgehead atoms. The Morgan fingerprint density at radius 1 is 1.24 bits per heavy atom. The Morgan fingerprint density at radius 2 is 1.94 bits per heavy atom. The van der Waals surface area contributed by atoms with Crippen LogP contribution in [-0.2, 0) is 40.3 Å². The molecule has 4 aliphatic rings. The molecule has 2 saturated heterocycles. The molecule has 1 saturated carbocycles. The zero-order chi connectivity index (χ0) is 36.2. The minimum Gasteiger partial charge on any atom is -0.485 e. The smallest absolute Gasteiger partial charge is 0.418 e. The summed E-state index contributed by atoms with van der Waals surface area (Å²) in [6.07, 6.45) is 1.81. The van der Waals surface area contributed by atoms with Gasteiger partial charge in [-0.05, 0) is 95.1 Å². The summed E-state index contributed by atoms with van der Waals surface area (Å²) in [6.45, 7) is 5.87. The normalized spacial score (nSPS) is 26.9. The highest BCUT2D eigenvalue weighted by molar-refractivity contribution is 7.80. The second kappa shape index (κ2) is 13.1. The van der Waals surface area contributed by atoms with E-state index in [4.69, 9.17) is 25.3 Å². The number of anilines is 1. The predicted molar refractivity (Wildman–Crippen MR) is 178 cm³/mol. The van der Waals surface area contributed by atoms with Gasteiger partial charge in [-0.25, -0.2) is 9.78 Å². The number of thiazole rings is 1. The van der Waals surface area contributed by atoms with Crippen molar-refractivity contribution in [2.75, 3.05) is 18.8 Å². The van der Waals surface area contributed by atoms with Gasteiger partial charge in [0.15, 0.2) is 16.9 Å². The van der Waals surface area contributed by atoms with Crippen LogP contribution in [0.15, 0.2) is 28.7 Å². The molecule has 2 aromatic rings. The number of carboxylic acids is 1. The van der Waals surface area contributed by atoms with E-state index in [1.807, 2.05) is 6.07 Å². The fourth-order valence-corrected chi connectivity index (χ4v) is 7.90. The minimum absolute atomic E-state index is 0.0623. The first kappa shape index (κ1) is 35.5. The van der Waals surface area contributed by atoms with Gasteiger partial charge in [0.05, 0.1) is 5.54 Å². The van der Waals surface area contributed by atoms with Crippen LogP contribution >= 0.6 is 11.3 Å². The number of rotatable bonds is 11. The second-order valence-corrected chi connectivity index (χ2v) is 15.4. The van der Waals surface area contributed by atoms with Crippen LogP contribution in [0.5, 0.6) is 5.75 Å². The van der Waals surface area contributed by atoms with Crippen molar-refractivity contribution in [1.29, 1.82) is 5.41 Å². The number of amides is 2. The van der Waals surface area contributed by atoms with Gasteiger partial charge in [0, 0.05) is 17.0 Å². The number of oxime groups is 1. The molecule has 18 nitrogen and oxygen atoms in total. The van der Waals surface area contributed by atoms with Crippen molar-refractivity contribution in [3.05, 3.63) is 40.4 Å². The van der Waals surface area contributed by atoms with E-state index in [0.717, 1.165) is 42.8 Å². The molecular formula is C30H38N8O10S2. The number of nitrogen functional groups attached to an aromatic ring is 1. The lowest BCUT2D eigenvalue weighted by Crippen LogP contribution is -2.76. The van der Waals surface area contributed by atoms with Gasteiger partial charge in [-0.1, -0.05) is 5.16 Å². The number of nitrogens with one attached hydrogen (secondary N) is 4. The molecule has 3 aliphatic heterocycles. The molecule has 8 N–H and O–H groups in total. The van der Waals surface area contributed by atoms with Gasteiger partial charge in [0.2, 0.25) is 0 Å². The minimum atomic E-state index is -5.03. The number of β-lactam (4-membered cyclic amide) rings is 1. The number of nitrogens with two attached hydrogens (primary N) is 1. The standard InChI is InChI=1S/C30H38N8O10S2/c1-29(2)23(26(40)38(29)48-50(43,44)45)36-25(39)22(18-13-49-28(32)34-18)37-47-30(3,27(41)42)20-9-7-14-10-15(6-8-19(14)46-20)24(31)35-21-16-4-5-17(21)12-33-11-16/h6,8,10,13,16-17,20-21,23,33H,4-5,7,9,11-12H2,1-3H3,(H2,31,35)(H2,32,34)(H,36,39)(H,41,42)(H,43,44,45)/b37-22-/t16-,17+,20-,21?,23-,30+/m1/s1. The van der Waals surface area contributed by atoms with Crippen LogP contribution in [0.3, 0.4) is 0 Å². The average Bonchev–Trinajstić information content (AvgIpc) is 3.57. The number of hydroxylamine groups is 2. The molecule has 4 heterocycles. The third-order valence-corrected chi connectivity index (χ3v) is 10.8. The molecule has 1 aromatic carbocycles. The number of fused-ring (bicyclic) bond motifs is 3. The van der Waals surface area contributed by atoms with Crippen LogP contribution in [0.1, 0.15) is 56.9 Å². The monoisotopic (exact) mass is 734 g/mol. The van der Waals surface area contributed by atoms with E-state index in [-0.39, 0.29) is 23.3 Å². The van der Waals surface area contributed by atoms with E-state index in [0.29, 0.717) is 40.5 Å². The molecule has 270 valence electrons. The summed E-state index contributed by atoms with van der Waals surface area (Å²) in [5.74, 6) is -1.72. The Hall–Kier alpha value is -4.37. The summed E-state index contributed by atoms with van der Waals surface area (Å²) in [5.41, 5.74) is 3.12. The van der Waals surface area contributed by atoms with Crippen molar-refractivity contribution < 1.29 is 46.3 Å². The third kappa shape index (κ3) is 6.72. The molecule has 6 rings (SSSR count). The molecule has 0 spiro atoms. The summed E-state index contributed by atoms with van der Waals surface area (Å²) in [5, 5.41) is 34.1. The zero-order valence-electron chi connectivity index (χ0n) is 27.3. The van der Waals surface area contributed by atoms with Crippen LogP contribution in [0.4, 0.5) is 5.13 Å². The molecule has 1 aliphatic carbocycles. The number of carbonyl (C=O) groups excluding carboxylic acids is 2. The SMILES string of the molecule is CC1(C)[C@H](NC(=O)/C(=N\O[C@](C)(C(=O)O)[C@H]2CCc3cc(C(=N)NC4[C@@H]5CC[C@H]4CNC5)ccc3O2)c2csc(N)n2)C(=O)N1OS(=O)(=O)O. The van der Waals surface area contributed by atoms with E-state index < -0.39 is 57.2 Å². The highest BCUT2D eigenvalue weighted by atomic mass is 32.3. The number of benzene rings is 1. The summed E-state index contributed by atoms with van der Waals surface area (Å²) >= 11 is 0.969. The summed E-state index contributed by atoms with van der Waals surface area (Å²) < 4.78 is 41.8. The summed E-state index contributed by atoms with van der Waals surface area (Å²) in [6, 6.07) is 4.22. The van der Waals surface area contributed by atoms with E-state index in [1.165, 1.54) is 26.2 Å². The van der Waals surface area contributed by atoms with Gasteiger partial charge in [0.25, 0.3) is 17.4 Å². The number of carboxylic acid groups (broad SMARTS) is 1.